The smallest absolute Gasteiger partial charge is 0.143 e. The average Bonchev–Trinajstić information content (AvgIpc) is 3.50. The maximum absolute atomic E-state index is 12.8. The van der Waals surface area contributed by atoms with Crippen LogP contribution in [0.15, 0.2) is 68.1 Å². The van der Waals surface area contributed by atoms with Gasteiger partial charge in [-0.2, -0.15) is 0 Å². The molecule has 0 aliphatic heterocycles. The molecule has 0 saturated carbocycles. The highest BCUT2D eigenvalue weighted by Crippen LogP contribution is 2.31. The minimum atomic E-state index is -0.0366. The van der Waals surface area contributed by atoms with E-state index in [0.29, 0.717) is 18.6 Å². The van der Waals surface area contributed by atoms with Crippen LogP contribution in [0.4, 0.5) is 0 Å². The van der Waals surface area contributed by atoms with Crippen molar-refractivity contribution in [3.63, 3.8) is 0 Å². The zero-order chi connectivity index (χ0) is 20.1. The lowest BCUT2D eigenvalue weighted by Crippen LogP contribution is -2.13. The van der Waals surface area contributed by atoms with Gasteiger partial charge >= 0.3 is 0 Å². The first-order valence-electron chi connectivity index (χ1n) is 9.10. The Hall–Kier alpha value is -2.29. The van der Waals surface area contributed by atoms with E-state index < -0.39 is 0 Å². The summed E-state index contributed by atoms with van der Waals surface area (Å²) in [6, 6.07) is 9.88. The normalized spacial score (nSPS) is 13.1. The third-order valence-electron chi connectivity index (χ3n) is 4.53. The molecule has 0 amide bonds. The van der Waals surface area contributed by atoms with E-state index in [4.69, 9.17) is 4.42 Å². The van der Waals surface area contributed by atoms with Crippen molar-refractivity contribution in [1.82, 2.24) is 9.97 Å². The molecule has 0 fully saturated rings. The van der Waals surface area contributed by atoms with Gasteiger partial charge in [-0.05, 0) is 35.0 Å². The van der Waals surface area contributed by atoms with Crippen LogP contribution in [-0.4, -0.2) is 34.3 Å². The number of aliphatic imine (C=N–C) groups is 1. The molecule has 5 nitrogen and oxygen atoms in total. The van der Waals surface area contributed by atoms with Gasteiger partial charge in [0.1, 0.15) is 27.7 Å². The van der Waals surface area contributed by atoms with Crippen molar-refractivity contribution in [2.24, 2.45) is 4.99 Å². The van der Waals surface area contributed by atoms with Crippen LogP contribution >= 0.6 is 34.4 Å². The van der Waals surface area contributed by atoms with Crippen LogP contribution in [0.1, 0.15) is 29.4 Å². The monoisotopic (exact) mass is 441 g/mol. The van der Waals surface area contributed by atoms with Crippen LogP contribution in [0.5, 0.6) is 0 Å². The summed E-state index contributed by atoms with van der Waals surface area (Å²) in [5, 5.41) is 5.90. The van der Waals surface area contributed by atoms with Gasteiger partial charge in [0.15, 0.2) is 0 Å². The number of hydrogen-bond acceptors (Lipinski definition) is 8. The third-order valence-corrected chi connectivity index (χ3v) is 7.33. The molecule has 4 aromatic heterocycles. The zero-order valence-electron chi connectivity index (χ0n) is 15.8. The summed E-state index contributed by atoms with van der Waals surface area (Å²) in [7, 11) is 1.80. The maximum Gasteiger partial charge on any atom is 0.143 e. The predicted octanol–water partition coefficient (Wildman–Crippen LogP) is 5.69. The number of nitrogens with zero attached hydrogens (tertiary/aromatic N) is 3. The lowest BCUT2D eigenvalue weighted by atomic mass is 9.93. The average molecular weight is 442 g/mol. The second kappa shape index (κ2) is 9.47. The van der Waals surface area contributed by atoms with Crippen molar-refractivity contribution in [3.05, 3.63) is 64.3 Å². The molecule has 1 atom stereocenters. The van der Waals surface area contributed by atoms with Crippen molar-refractivity contribution in [2.75, 3.05) is 12.8 Å². The Balaban J connectivity index is 1.44. The quantitative estimate of drug-likeness (QED) is 0.190. The first-order valence-corrected chi connectivity index (χ1v) is 11.8. The van der Waals surface area contributed by atoms with Gasteiger partial charge in [-0.3, -0.25) is 9.79 Å². The van der Waals surface area contributed by atoms with Crippen molar-refractivity contribution >= 4 is 56.1 Å². The number of thiophene rings is 2. The van der Waals surface area contributed by atoms with Crippen molar-refractivity contribution in [3.8, 4) is 0 Å². The van der Waals surface area contributed by atoms with E-state index in [1.165, 1.54) is 11.8 Å². The fraction of sp³-hybridized carbons (Fsp3) is 0.238. The number of fused-ring (bicyclic) bond motifs is 1. The van der Waals surface area contributed by atoms with Crippen molar-refractivity contribution < 1.29 is 9.21 Å². The molecule has 29 heavy (non-hydrogen) atoms. The third kappa shape index (κ3) is 4.83. The van der Waals surface area contributed by atoms with E-state index in [1.807, 2.05) is 35.0 Å². The molecule has 4 heterocycles. The van der Waals surface area contributed by atoms with Crippen LogP contribution < -0.4 is 0 Å². The molecule has 0 aromatic carbocycles. The molecule has 1 unspecified atom stereocenters. The summed E-state index contributed by atoms with van der Waals surface area (Å²) >= 11 is 4.71. The van der Waals surface area contributed by atoms with Crippen molar-refractivity contribution in [2.45, 2.75) is 23.8 Å². The van der Waals surface area contributed by atoms with E-state index in [2.05, 4.69) is 21.0 Å². The predicted molar refractivity (Wildman–Crippen MR) is 121 cm³/mol. The Morgan fingerprint density at radius 3 is 2.86 bits per heavy atom. The minimum absolute atomic E-state index is 0.0366. The number of carbonyl (C=O) groups is 1. The van der Waals surface area contributed by atoms with Gasteiger partial charge in [0.2, 0.25) is 0 Å². The lowest BCUT2D eigenvalue weighted by molar-refractivity contribution is -0.117. The summed E-state index contributed by atoms with van der Waals surface area (Å²) in [6.45, 7) is 0. The van der Waals surface area contributed by atoms with Crippen LogP contribution in [0, 0.1) is 0 Å². The molecule has 0 N–H and O–H groups in total. The molecule has 4 rings (SSSR count). The molecule has 0 aliphatic carbocycles. The van der Waals surface area contributed by atoms with Crippen molar-refractivity contribution in [1.29, 1.82) is 0 Å². The Morgan fingerprint density at radius 1 is 1.17 bits per heavy atom. The molecule has 8 heteroatoms. The second-order valence-corrected chi connectivity index (χ2v) is 9.22. The van der Waals surface area contributed by atoms with Crippen LogP contribution in [-0.2, 0) is 4.79 Å². The highest BCUT2D eigenvalue weighted by molar-refractivity contribution is 8.00. The summed E-state index contributed by atoms with van der Waals surface area (Å²) in [6.07, 6.45) is 4.29. The minimum Gasteiger partial charge on any atom is -0.469 e. The fourth-order valence-corrected chi connectivity index (χ4v) is 5.57. The van der Waals surface area contributed by atoms with E-state index >= 15 is 0 Å². The standard InChI is InChI=1S/C21H19N3O2S3/c1-22-17(19-5-3-8-27-19)11-14(18-4-2-7-26-18)10-15(25)12-29-21-16-6-9-28-20(16)23-13-24-21/h2-9,13-14H,10-12H2,1H3. The van der Waals surface area contributed by atoms with E-state index in [-0.39, 0.29) is 11.7 Å². The van der Waals surface area contributed by atoms with E-state index in [1.54, 1.807) is 42.3 Å². The molecule has 0 aliphatic rings. The fourth-order valence-electron chi connectivity index (χ4n) is 3.14. The summed E-state index contributed by atoms with van der Waals surface area (Å²) in [5.41, 5.74) is 0.998. The zero-order valence-corrected chi connectivity index (χ0v) is 18.2. The molecule has 4 aromatic rings. The topological polar surface area (TPSA) is 68.3 Å². The second-order valence-electron chi connectivity index (χ2n) is 6.41. The Kier molecular flexibility index (Phi) is 6.53. The van der Waals surface area contributed by atoms with Crippen LogP contribution in [0.3, 0.4) is 0 Å². The molecule has 0 saturated heterocycles. The van der Waals surface area contributed by atoms with Gasteiger partial charge in [0.25, 0.3) is 0 Å². The lowest BCUT2D eigenvalue weighted by Gasteiger charge is -2.15. The van der Waals surface area contributed by atoms with Gasteiger partial charge in [-0.1, -0.05) is 17.8 Å². The van der Waals surface area contributed by atoms with Crippen LogP contribution in [0.2, 0.25) is 0 Å². The van der Waals surface area contributed by atoms with Crippen LogP contribution in [0.25, 0.3) is 10.2 Å². The number of hydrogen-bond donors (Lipinski definition) is 0. The molecule has 0 spiro atoms. The number of thioether (sulfide) groups is 1. The van der Waals surface area contributed by atoms with Gasteiger partial charge in [0, 0.05) is 36.1 Å². The number of aromatic nitrogens is 2. The van der Waals surface area contributed by atoms with E-state index in [9.17, 15) is 4.79 Å². The molecule has 0 radical (unpaired) electrons. The first kappa shape index (κ1) is 20.0. The summed E-state index contributed by atoms with van der Waals surface area (Å²) in [5.74, 6) is 1.32. The van der Waals surface area contributed by atoms with E-state index in [0.717, 1.165) is 31.6 Å². The largest absolute Gasteiger partial charge is 0.469 e. The molecular formula is C21H19N3O2S3. The first-order chi connectivity index (χ1) is 14.2. The molecule has 0 bridgehead atoms. The summed E-state index contributed by atoms with van der Waals surface area (Å²) in [4.78, 5) is 28.0. The number of ketones is 1. The maximum atomic E-state index is 12.8. The highest BCUT2D eigenvalue weighted by atomic mass is 32.2. The SMILES string of the molecule is CN=C(CC(CC(=O)CSc1ncnc2sccc12)c1ccco1)c1cccs1. The molecule has 148 valence electrons. The Labute approximate surface area is 180 Å². The van der Waals surface area contributed by atoms with Gasteiger partial charge in [-0.25, -0.2) is 9.97 Å². The Morgan fingerprint density at radius 2 is 2.10 bits per heavy atom. The van der Waals surface area contributed by atoms with Gasteiger partial charge < -0.3 is 4.42 Å². The summed E-state index contributed by atoms with van der Waals surface area (Å²) < 4.78 is 5.64. The number of furan rings is 1. The molecular weight excluding hydrogens is 422 g/mol. The van der Waals surface area contributed by atoms with Gasteiger partial charge in [0.05, 0.1) is 17.7 Å². The van der Waals surface area contributed by atoms with Gasteiger partial charge in [-0.15, -0.1) is 22.7 Å². The number of Topliss-reactive ketones (excluding diaryl/α,β-unsaturated/α-hetero) is 1. The Bertz CT molecular complexity index is 1100. The number of rotatable bonds is 9. The highest BCUT2D eigenvalue weighted by Gasteiger charge is 2.22. The number of carbonyl (C=O) groups excluding carboxylic acids is 1.